The lowest BCUT2D eigenvalue weighted by molar-refractivity contribution is 0.0951. The summed E-state index contributed by atoms with van der Waals surface area (Å²) >= 11 is 0. The monoisotopic (exact) mass is 257 g/mol. The first-order valence-electron chi connectivity index (χ1n) is 6.16. The molecule has 0 saturated heterocycles. The van der Waals surface area contributed by atoms with E-state index < -0.39 is 0 Å². The Kier molecular flexibility index (Phi) is 3.95. The molecule has 0 aromatic heterocycles. The molecule has 0 radical (unpaired) electrons. The third-order valence-corrected chi connectivity index (χ3v) is 2.96. The number of hydrogen-bond acceptors (Lipinski definition) is 1. The predicted molar refractivity (Wildman–Crippen MR) is 73.5 cm³/mol. The fourth-order valence-corrected chi connectivity index (χ4v) is 1.89. The molecule has 1 N–H and O–H groups in total. The molecule has 2 nitrogen and oxygen atoms in total. The van der Waals surface area contributed by atoms with Crippen molar-refractivity contribution in [2.45, 2.75) is 20.4 Å². The van der Waals surface area contributed by atoms with Crippen molar-refractivity contribution in [2.75, 3.05) is 0 Å². The largest absolute Gasteiger partial charge is 0.348 e. The molecule has 2 aromatic carbocycles. The van der Waals surface area contributed by atoms with Gasteiger partial charge in [-0.3, -0.25) is 4.79 Å². The second-order valence-electron chi connectivity index (χ2n) is 4.64. The molecule has 0 aliphatic carbocycles. The van der Waals surface area contributed by atoms with Crippen LogP contribution in [-0.4, -0.2) is 5.91 Å². The Hall–Kier alpha value is -2.16. The maximum absolute atomic E-state index is 13.1. The van der Waals surface area contributed by atoms with E-state index in [1.807, 2.05) is 25.1 Å². The topological polar surface area (TPSA) is 29.1 Å². The number of benzene rings is 2. The molecule has 1 amide bonds. The highest BCUT2D eigenvalue weighted by molar-refractivity contribution is 5.94. The number of aryl methyl sites for hydroxylation is 2. The van der Waals surface area contributed by atoms with Gasteiger partial charge in [0.1, 0.15) is 5.82 Å². The van der Waals surface area contributed by atoms with Gasteiger partial charge in [-0.05, 0) is 43.2 Å². The van der Waals surface area contributed by atoms with E-state index in [0.717, 1.165) is 11.1 Å². The number of amides is 1. The molecule has 0 heterocycles. The first-order valence-corrected chi connectivity index (χ1v) is 6.16. The van der Waals surface area contributed by atoms with Gasteiger partial charge in [-0.2, -0.15) is 0 Å². The highest BCUT2D eigenvalue weighted by Crippen LogP contribution is 2.09. The van der Waals surface area contributed by atoms with Crippen LogP contribution in [0.1, 0.15) is 27.0 Å². The summed E-state index contributed by atoms with van der Waals surface area (Å²) in [5.41, 5.74) is 3.16. The average Bonchev–Trinajstić information content (AvgIpc) is 2.40. The minimum absolute atomic E-state index is 0.120. The Morgan fingerprint density at radius 1 is 1.16 bits per heavy atom. The Bertz CT molecular complexity index is 607. The van der Waals surface area contributed by atoms with Gasteiger partial charge in [0.15, 0.2) is 0 Å². The normalized spacial score (nSPS) is 10.3. The van der Waals surface area contributed by atoms with Crippen LogP contribution < -0.4 is 5.32 Å². The Morgan fingerprint density at radius 2 is 1.95 bits per heavy atom. The summed E-state index contributed by atoms with van der Waals surface area (Å²) in [6.45, 7) is 4.05. The van der Waals surface area contributed by atoms with Gasteiger partial charge in [0.05, 0.1) is 0 Å². The molecule has 0 atom stereocenters. The third-order valence-electron chi connectivity index (χ3n) is 2.96. The van der Waals surface area contributed by atoms with Crippen LogP contribution >= 0.6 is 0 Å². The van der Waals surface area contributed by atoms with Crippen LogP contribution in [0.25, 0.3) is 0 Å². The van der Waals surface area contributed by atoms with Crippen LogP contribution in [0.3, 0.4) is 0 Å². The summed E-state index contributed by atoms with van der Waals surface area (Å²) in [7, 11) is 0. The fraction of sp³-hybridized carbons (Fsp3) is 0.188. The van der Waals surface area contributed by atoms with Crippen molar-refractivity contribution >= 4 is 5.91 Å². The van der Waals surface area contributed by atoms with E-state index >= 15 is 0 Å². The van der Waals surface area contributed by atoms with Crippen LogP contribution in [-0.2, 0) is 6.54 Å². The van der Waals surface area contributed by atoms with Crippen molar-refractivity contribution in [2.24, 2.45) is 0 Å². The quantitative estimate of drug-likeness (QED) is 0.897. The van der Waals surface area contributed by atoms with Crippen molar-refractivity contribution in [1.29, 1.82) is 0 Å². The van der Waals surface area contributed by atoms with Crippen LogP contribution in [0.2, 0.25) is 0 Å². The van der Waals surface area contributed by atoms with E-state index in [2.05, 4.69) is 5.32 Å². The standard InChI is InChI=1S/C16H16FNO/c1-11-4-3-5-14(8-11)16(19)18-10-13-6-7-15(17)12(2)9-13/h3-9H,10H2,1-2H3,(H,18,19). The lowest BCUT2D eigenvalue weighted by atomic mass is 10.1. The van der Waals surface area contributed by atoms with Gasteiger partial charge in [-0.15, -0.1) is 0 Å². The van der Waals surface area contributed by atoms with Crippen LogP contribution in [0.4, 0.5) is 4.39 Å². The van der Waals surface area contributed by atoms with Gasteiger partial charge in [0, 0.05) is 12.1 Å². The minimum atomic E-state index is -0.228. The van der Waals surface area contributed by atoms with Crippen molar-refractivity contribution in [1.82, 2.24) is 5.32 Å². The first-order chi connectivity index (χ1) is 9.06. The highest BCUT2D eigenvalue weighted by Gasteiger charge is 2.05. The second kappa shape index (κ2) is 5.65. The summed E-state index contributed by atoms with van der Waals surface area (Å²) in [6, 6.07) is 12.3. The van der Waals surface area contributed by atoms with Crippen LogP contribution in [0, 0.1) is 19.7 Å². The Balaban J connectivity index is 2.02. The molecule has 0 spiro atoms. The molecule has 19 heavy (non-hydrogen) atoms. The van der Waals surface area contributed by atoms with E-state index in [9.17, 15) is 9.18 Å². The lowest BCUT2D eigenvalue weighted by Crippen LogP contribution is -2.22. The van der Waals surface area contributed by atoms with Gasteiger partial charge in [-0.25, -0.2) is 4.39 Å². The fourth-order valence-electron chi connectivity index (χ4n) is 1.89. The molecular formula is C16H16FNO. The predicted octanol–water partition coefficient (Wildman–Crippen LogP) is 3.37. The Morgan fingerprint density at radius 3 is 2.63 bits per heavy atom. The van der Waals surface area contributed by atoms with E-state index in [-0.39, 0.29) is 11.7 Å². The number of carbonyl (C=O) groups is 1. The lowest BCUT2D eigenvalue weighted by Gasteiger charge is -2.07. The van der Waals surface area contributed by atoms with E-state index in [0.29, 0.717) is 17.7 Å². The summed E-state index contributed by atoms with van der Waals surface area (Å²) in [5, 5.41) is 2.83. The zero-order chi connectivity index (χ0) is 13.8. The van der Waals surface area contributed by atoms with E-state index in [4.69, 9.17) is 0 Å². The molecule has 0 fully saturated rings. The van der Waals surface area contributed by atoms with Crippen molar-refractivity contribution < 1.29 is 9.18 Å². The number of halogens is 1. The maximum Gasteiger partial charge on any atom is 0.251 e. The minimum Gasteiger partial charge on any atom is -0.348 e. The molecule has 2 aromatic rings. The number of rotatable bonds is 3. The van der Waals surface area contributed by atoms with Crippen LogP contribution in [0.15, 0.2) is 42.5 Å². The molecular weight excluding hydrogens is 241 g/mol. The maximum atomic E-state index is 13.1. The van der Waals surface area contributed by atoms with E-state index in [1.54, 1.807) is 25.1 Å². The SMILES string of the molecule is Cc1cccc(C(=O)NCc2ccc(F)c(C)c2)c1. The van der Waals surface area contributed by atoms with Crippen molar-refractivity contribution in [3.63, 3.8) is 0 Å². The Labute approximate surface area is 112 Å². The summed E-state index contributed by atoms with van der Waals surface area (Å²) in [4.78, 5) is 11.9. The summed E-state index contributed by atoms with van der Waals surface area (Å²) < 4.78 is 13.1. The molecule has 98 valence electrons. The van der Waals surface area contributed by atoms with Gasteiger partial charge in [0.2, 0.25) is 0 Å². The molecule has 0 unspecified atom stereocenters. The van der Waals surface area contributed by atoms with Crippen LogP contribution in [0.5, 0.6) is 0 Å². The summed E-state index contributed by atoms with van der Waals surface area (Å²) in [6.07, 6.45) is 0. The van der Waals surface area contributed by atoms with E-state index in [1.165, 1.54) is 6.07 Å². The molecule has 0 aliphatic rings. The van der Waals surface area contributed by atoms with Gasteiger partial charge >= 0.3 is 0 Å². The molecule has 3 heteroatoms. The first kappa shape index (κ1) is 13.3. The zero-order valence-corrected chi connectivity index (χ0v) is 11.0. The second-order valence-corrected chi connectivity index (χ2v) is 4.64. The van der Waals surface area contributed by atoms with Crippen molar-refractivity contribution in [3.05, 3.63) is 70.5 Å². The average molecular weight is 257 g/mol. The number of hydrogen-bond donors (Lipinski definition) is 1. The van der Waals surface area contributed by atoms with Gasteiger partial charge in [-0.1, -0.05) is 29.8 Å². The molecule has 0 aliphatic heterocycles. The number of carbonyl (C=O) groups excluding carboxylic acids is 1. The van der Waals surface area contributed by atoms with Gasteiger partial charge < -0.3 is 5.32 Å². The zero-order valence-electron chi connectivity index (χ0n) is 11.0. The summed E-state index contributed by atoms with van der Waals surface area (Å²) in [5.74, 6) is -0.348. The van der Waals surface area contributed by atoms with Gasteiger partial charge in [0.25, 0.3) is 5.91 Å². The molecule has 2 rings (SSSR count). The smallest absolute Gasteiger partial charge is 0.251 e. The highest BCUT2D eigenvalue weighted by atomic mass is 19.1. The number of nitrogens with one attached hydrogen (secondary N) is 1. The molecule has 0 saturated carbocycles. The van der Waals surface area contributed by atoms with Crippen molar-refractivity contribution in [3.8, 4) is 0 Å². The third kappa shape index (κ3) is 3.41. The molecule has 0 bridgehead atoms.